The standard InChI is InChI=1S/C26H29N5S2/c1-17-9-12-31(13-10-17)20(22-8-4-14-32-22)16-28-25-23-19-6-2-7-21(19)33-26(23)30-24(29-25)18-5-3-11-27-15-18/h3-5,8,11,14-15,17,20H,2,6-7,9-10,12-13,16H2,1H3,(H,28,29,30). The molecule has 6 rings (SSSR count). The van der Waals surface area contributed by atoms with Crippen molar-refractivity contribution in [3.63, 3.8) is 0 Å². The summed E-state index contributed by atoms with van der Waals surface area (Å²) < 4.78 is 0. The molecule has 0 amide bonds. The molecule has 1 aliphatic carbocycles. The zero-order valence-electron chi connectivity index (χ0n) is 19.0. The number of nitrogens with zero attached hydrogens (tertiary/aromatic N) is 4. The summed E-state index contributed by atoms with van der Waals surface area (Å²) in [6.07, 6.45) is 9.76. The van der Waals surface area contributed by atoms with Crippen molar-refractivity contribution < 1.29 is 0 Å². The number of thiophene rings is 2. The number of likely N-dealkylation sites (tertiary alicyclic amines) is 1. The van der Waals surface area contributed by atoms with Crippen molar-refractivity contribution in [2.75, 3.05) is 25.0 Å². The number of aromatic nitrogens is 3. The molecule has 0 radical (unpaired) electrons. The fraction of sp³-hybridized carbons (Fsp3) is 0.423. The molecule has 1 unspecified atom stereocenters. The summed E-state index contributed by atoms with van der Waals surface area (Å²) >= 11 is 3.72. The van der Waals surface area contributed by atoms with Gasteiger partial charge in [-0.15, -0.1) is 22.7 Å². The molecule has 1 aliphatic heterocycles. The van der Waals surface area contributed by atoms with Crippen molar-refractivity contribution in [2.45, 2.75) is 45.1 Å². The van der Waals surface area contributed by atoms with Crippen molar-refractivity contribution in [1.82, 2.24) is 19.9 Å². The zero-order valence-corrected chi connectivity index (χ0v) is 20.6. The smallest absolute Gasteiger partial charge is 0.164 e. The van der Waals surface area contributed by atoms with Crippen LogP contribution in [0.5, 0.6) is 0 Å². The molecule has 1 fully saturated rings. The summed E-state index contributed by atoms with van der Waals surface area (Å²) in [5.41, 5.74) is 2.44. The van der Waals surface area contributed by atoms with Gasteiger partial charge < -0.3 is 5.32 Å². The van der Waals surface area contributed by atoms with E-state index in [9.17, 15) is 0 Å². The van der Waals surface area contributed by atoms with Gasteiger partial charge in [0, 0.05) is 34.3 Å². The lowest BCUT2D eigenvalue weighted by molar-refractivity contribution is 0.145. The molecule has 1 atom stereocenters. The third kappa shape index (κ3) is 4.18. The number of nitrogens with one attached hydrogen (secondary N) is 1. The van der Waals surface area contributed by atoms with Gasteiger partial charge in [-0.2, -0.15) is 0 Å². The molecule has 0 aromatic carbocycles. The molecule has 1 saturated heterocycles. The minimum absolute atomic E-state index is 0.371. The van der Waals surface area contributed by atoms with Crippen LogP contribution < -0.4 is 5.32 Å². The van der Waals surface area contributed by atoms with Gasteiger partial charge in [-0.05, 0) is 80.3 Å². The Morgan fingerprint density at radius 1 is 1.15 bits per heavy atom. The Morgan fingerprint density at radius 3 is 2.85 bits per heavy atom. The first kappa shape index (κ1) is 21.2. The Bertz CT molecular complexity index is 1230. The summed E-state index contributed by atoms with van der Waals surface area (Å²) in [5, 5.41) is 7.26. The highest BCUT2D eigenvalue weighted by atomic mass is 32.1. The first-order valence-corrected chi connectivity index (χ1v) is 13.7. The van der Waals surface area contributed by atoms with Crippen LogP contribution in [-0.4, -0.2) is 39.5 Å². The summed E-state index contributed by atoms with van der Waals surface area (Å²) in [4.78, 5) is 21.0. The fourth-order valence-electron chi connectivity index (χ4n) is 5.17. The predicted molar refractivity (Wildman–Crippen MR) is 138 cm³/mol. The van der Waals surface area contributed by atoms with Crippen LogP contribution >= 0.6 is 22.7 Å². The van der Waals surface area contributed by atoms with E-state index in [1.54, 1.807) is 6.20 Å². The molecule has 0 spiro atoms. The molecular weight excluding hydrogens is 446 g/mol. The number of hydrogen-bond donors (Lipinski definition) is 1. The van der Waals surface area contributed by atoms with Crippen LogP contribution in [0.25, 0.3) is 21.6 Å². The average Bonchev–Trinajstić information content (AvgIpc) is 3.59. The highest BCUT2D eigenvalue weighted by Crippen LogP contribution is 2.41. The molecule has 1 N–H and O–H groups in total. The quantitative estimate of drug-likeness (QED) is 0.360. The third-order valence-electron chi connectivity index (χ3n) is 7.08. The van der Waals surface area contributed by atoms with Crippen LogP contribution in [0.4, 0.5) is 5.82 Å². The van der Waals surface area contributed by atoms with Crippen LogP contribution in [0.1, 0.15) is 47.5 Å². The van der Waals surface area contributed by atoms with E-state index < -0.39 is 0 Å². The lowest BCUT2D eigenvalue weighted by Gasteiger charge is -2.36. The lowest BCUT2D eigenvalue weighted by atomic mass is 9.97. The maximum Gasteiger partial charge on any atom is 0.164 e. The van der Waals surface area contributed by atoms with Gasteiger partial charge >= 0.3 is 0 Å². The van der Waals surface area contributed by atoms with Gasteiger partial charge in [0.15, 0.2) is 5.82 Å². The normalized spacial score (nSPS) is 18.0. The Labute approximate surface area is 202 Å². The number of rotatable bonds is 6. The van der Waals surface area contributed by atoms with Crippen LogP contribution in [0.15, 0.2) is 42.0 Å². The molecule has 4 aromatic rings. The number of piperidine rings is 1. The molecule has 5 nitrogen and oxygen atoms in total. The minimum atomic E-state index is 0.371. The van der Waals surface area contributed by atoms with Gasteiger partial charge in [-0.25, -0.2) is 9.97 Å². The van der Waals surface area contributed by atoms with Crippen molar-refractivity contribution in [3.8, 4) is 11.4 Å². The topological polar surface area (TPSA) is 53.9 Å². The van der Waals surface area contributed by atoms with Crippen molar-refractivity contribution in [1.29, 1.82) is 0 Å². The summed E-state index contributed by atoms with van der Waals surface area (Å²) in [6, 6.07) is 8.83. The monoisotopic (exact) mass is 475 g/mol. The predicted octanol–water partition coefficient (Wildman–Crippen LogP) is 6.19. The van der Waals surface area contributed by atoms with E-state index >= 15 is 0 Å². The van der Waals surface area contributed by atoms with Crippen LogP contribution in [0.2, 0.25) is 0 Å². The lowest BCUT2D eigenvalue weighted by Crippen LogP contribution is -2.38. The maximum absolute atomic E-state index is 5.06. The molecular formula is C26H29N5S2. The molecule has 0 bridgehead atoms. The second-order valence-corrected chi connectivity index (χ2v) is 11.4. The minimum Gasteiger partial charge on any atom is -0.367 e. The molecule has 2 aliphatic rings. The second-order valence-electron chi connectivity index (χ2n) is 9.31. The van der Waals surface area contributed by atoms with E-state index in [0.717, 1.165) is 40.9 Å². The highest BCUT2D eigenvalue weighted by molar-refractivity contribution is 7.19. The van der Waals surface area contributed by atoms with E-state index in [-0.39, 0.29) is 0 Å². The van der Waals surface area contributed by atoms with Crippen LogP contribution in [0.3, 0.4) is 0 Å². The van der Waals surface area contributed by atoms with E-state index in [0.29, 0.717) is 6.04 Å². The molecule has 170 valence electrons. The van der Waals surface area contributed by atoms with Gasteiger partial charge in [-0.1, -0.05) is 13.0 Å². The Morgan fingerprint density at radius 2 is 2.06 bits per heavy atom. The largest absolute Gasteiger partial charge is 0.367 e. The van der Waals surface area contributed by atoms with E-state index in [4.69, 9.17) is 9.97 Å². The fourth-order valence-corrected chi connectivity index (χ4v) is 7.29. The SMILES string of the molecule is CC1CCN(C(CNc2nc(-c3cccnc3)nc3sc4c(c23)CCC4)c2cccs2)CC1. The number of aryl methyl sites for hydroxylation is 2. The molecule has 7 heteroatoms. The third-order valence-corrected chi connectivity index (χ3v) is 9.24. The van der Waals surface area contributed by atoms with E-state index in [2.05, 4.69) is 39.6 Å². The van der Waals surface area contributed by atoms with Crippen molar-refractivity contribution in [3.05, 3.63) is 57.4 Å². The van der Waals surface area contributed by atoms with E-state index in [1.165, 1.54) is 59.5 Å². The summed E-state index contributed by atoms with van der Waals surface area (Å²) in [7, 11) is 0. The van der Waals surface area contributed by atoms with E-state index in [1.807, 2.05) is 41.0 Å². The Balaban J connectivity index is 1.36. The van der Waals surface area contributed by atoms with Gasteiger partial charge in [0.25, 0.3) is 0 Å². The number of fused-ring (bicyclic) bond motifs is 3. The Kier molecular flexibility index (Phi) is 5.86. The average molecular weight is 476 g/mol. The van der Waals surface area contributed by atoms with Crippen molar-refractivity contribution in [2.24, 2.45) is 5.92 Å². The number of anilines is 1. The molecule has 5 heterocycles. The first-order chi connectivity index (χ1) is 16.3. The highest BCUT2D eigenvalue weighted by Gasteiger charge is 2.27. The molecule has 4 aromatic heterocycles. The van der Waals surface area contributed by atoms with Gasteiger partial charge in [-0.3, -0.25) is 9.88 Å². The van der Waals surface area contributed by atoms with Gasteiger partial charge in [0.1, 0.15) is 10.6 Å². The second kappa shape index (κ2) is 9.12. The van der Waals surface area contributed by atoms with Crippen LogP contribution in [-0.2, 0) is 12.8 Å². The number of pyridine rings is 1. The first-order valence-electron chi connectivity index (χ1n) is 12.0. The molecule has 33 heavy (non-hydrogen) atoms. The number of hydrogen-bond acceptors (Lipinski definition) is 7. The van der Waals surface area contributed by atoms with Crippen molar-refractivity contribution >= 4 is 38.7 Å². The maximum atomic E-state index is 5.06. The molecule has 0 saturated carbocycles. The summed E-state index contributed by atoms with van der Waals surface area (Å²) in [5.74, 6) is 2.58. The summed E-state index contributed by atoms with van der Waals surface area (Å²) in [6.45, 7) is 5.57. The van der Waals surface area contributed by atoms with Crippen LogP contribution in [0, 0.1) is 5.92 Å². The van der Waals surface area contributed by atoms with Gasteiger partial charge in [0.05, 0.1) is 11.4 Å². The van der Waals surface area contributed by atoms with Gasteiger partial charge in [0.2, 0.25) is 0 Å². The zero-order chi connectivity index (χ0) is 22.2. The Hall–Kier alpha value is -2.35.